The predicted octanol–water partition coefficient (Wildman–Crippen LogP) is 5.85. The molecule has 176 valence electrons. The highest BCUT2D eigenvalue weighted by atomic mass is 35.5. The van der Waals surface area contributed by atoms with Gasteiger partial charge in [-0.25, -0.2) is 0 Å². The van der Waals surface area contributed by atoms with Crippen molar-refractivity contribution in [2.24, 2.45) is 0 Å². The Balaban J connectivity index is 2.01. The highest BCUT2D eigenvalue weighted by molar-refractivity contribution is 6.51. The third-order valence-corrected chi connectivity index (χ3v) is 6.17. The summed E-state index contributed by atoms with van der Waals surface area (Å²) in [5.41, 5.74) is 1.23. The highest BCUT2D eigenvalue weighted by Gasteiger charge is 2.48. The lowest BCUT2D eigenvalue weighted by Crippen LogP contribution is -2.29. The Morgan fingerprint density at radius 3 is 2.32 bits per heavy atom. The molecule has 34 heavy (non-hydrogen) atoms. The number of methoxy groups -OCH3 is 2. The normalized spacial score (nSPS) is 17.4. The molecule has 0 spiro atoms. The molecule has 0 radical (unpaired) electrons. The molecule has 3 aromatic rings. The van der Waals surface area contributed by atoms with E-state index in [1.165, 1.54) is 25.2 Å². The van der Waals surface area contributed by atoms with Gasteiger partial charge < -0.3 is 19.0 Å². The predicted molar refractivity (Wildman–Crippen MR) is 129 cm³/mol. The Morgan fingerprint density at radius 2 is 1.74 bits per heavy atom. The minimum atomic E-state index is -1.03. The number of aryl methyl sites for hydroxylation is 2. The van der Waals surface area contributed by atoms with Crippen molar-refractivity contribution in [2.75, 3.05) is 19.1 Å². The molecule has 1 fully saturated rings. The Labute approximate surface area is 206 Å². The van der Waals surface area contributed by atoms with Gasteiger partial charge in [-0.05, 0) is 49.7 Å². The summed E-state index contributed by atoms with van der Waals surface area (Å²) < 4.78 is 16.4. The zero-order valence-corrected chi connectivity index (χ0v) is 20.3. The molecule has 9 heteroatoms. The number of Topliss-reactive ketones (excluding diaryl/α,β-unsaturated/α-hetero) is 1. The Morgan fingerprint density at radius 1 is 1.03 bits per heavy atom. The van der Waals surface area contributed by atoms with Crippen molar-refractivity contribution in [3.05, 3.63) is 80.7 Å². The Hall–Kier alpha value is -3.42. The fourth-order valence-corrected chi connectivity index (χ4v) is 4.72. The van der Waals surface area contributed by atoms with Crippen LogP contribution >= 0.6 is 23.2 Å². The monoisotopic (exact) mass is 501 g/mol. The SMILES string of the molecule is COc1c(Cl)cc(/C(O)=C2\C(=O)C(=O)N(c3cccc(C)c3)C2c2ccc(C)o2)c(OC)c1Cl. The van der Waals surface area contributed by atoms with Gasteiger partial charge >= 0.3 is 0 Å². The van der Waals surface area contributed by atoms with Crippen molar-refractivity contribution in [3.8, 4) is 11.5 Å². The first-order valence-electron chi connectivity index (χ1n) is 10.2. The van der Waals surface area contributed by atoms with Gasteiger partial charge in [0.2, 0.25) is 0 Å². The van der Waals surface area contributed by atoms with E-state index in [1.54, 1.807) is 37.3 Å². The largest absolute Gasteiger partial charge is 0.507 e. The highest BCUT2D eigenvalue weighted by Crippen LogP contribution is 2.48. The summed E-state index contributed by atoms with van der Waals surface area (Å²) in [5.74, 6) is -1.12. The first-order valence-corrected chi connectivity index (χ1v) is 11.0. The van der Waals surface area contributed by atoms with Gasteiger partial charge in [0.15, 0.2) is 11.5 Å². The van der Waals surface area contributed by atoms with E-state index < -0.39 is 23.5 Å². The summed E-state index contributed by atoms with van der Waals surface area (Å²) in [6.07, 6.45) is 0. The minimum absolute atomic E-state index is 0.0114. The minimum Gasteiger partial charge on any atom is -0.507 e. The number of carbonyl (C=O) groups excluding carboxylic acids is 2. The first kappa shape index (κ1) is 23.7. The molecule has 0 saturated carbocycles. The van der Waals surface area contributed by atoms with Crippen molar-refractivity contribution in [2.45, 2.75) is 19.9 Å². The number of furan rings is 1. The molecular formula is C25H21Cl2NO6. The number of halogens is 2. The quantitative estimate of drug-likeness (QED) is 0.268. The van der Waals surface area contributed by atoms with Gasteiger partial charge in [-0.3, -0.25) is 14.5 Å². The third kappa shape index (κ3) is 3.81. The molecule has 2 heterocycles. The van der Waals surface area contributed by atoms with E-state index in [0.29, 0.717) is 17.2 Å². The van der Waals surface area contributed by atoms with Crippen molar-refractivity contribution in [1.82, 2.24) is 0 Å². The van der Waals surface area contributed by atoms with Gasteiger partial charge in [0, 0.05) is 5.69 Å². The number of amides is 1. The zero-order valence-electron chi connectivity index (χ0n) is 18.8. The van der Waals surface area contributed by atoms with E-state index in [9.17, 15) is 14.7 Å². The van der Waals surface area contributed by atoms with E-state index in [2.05, 4.69) is 0 Å². The molecule has 1 aliphatic rings. The van der Waals surface area contributed by atoms with Gasteiger partial charge in [0.05, 0.1) is 30.4 Å². The maximum Gasteiger partial charge on any atom is 0.300 e. The van der Waals surface area contributed by atoms with E-state index >= 15 is 0 Å². The van der Waals surface area contributed by atoms with Crippen LogP contribution < -0.4 is 14.4 Å². The maximum atomic E-state index is 13.3. The second kappa shape index (κ2) is 9.08. The van der Waals surface area contributed by atoms with Crippen LogP contribution in [0.1, 0.15) is 28.7 Å². The molecule has 1 atom stereocenters. The summed E-state index contributed by atoms with van der Waals surface area (Å²) in [6.45, 7) is 3.62. The van der Waals surface area contributed by atoms with Crippen molar-refractivity contribution in [1.29, 1.82) is 0 Å². The topological polar surface area (TPSA) is 89.2 Å². The number of hydrogen-bond acceptors (Lipinski definition) is 6. The number of anilines is 1. The molecule has 1 saturated heterocycles. The molecule has 0 bridgehead atoms. The van der Waals surface area contributed by atoms with Gasteiger partial charge in [-0.2, -0.15) is 0 Å². The molecule has 1 aliphatic heterocycles. The number of benzene rings is 2. The van der Waals surface area contributed by atoms with E-state index in [-0.39, 0.29) is 32.7 Å². The Kier molecular flexibility index (Phi) is 6.34. The average molecular weight is 502 g/mol. The lowest BCUT2D eigenvalue weighted by molar-refractivity contribution is -0.132. The smallest absolute Gasteiger partial charge is 0.300 e. The molecular weight excluding hydrogens is 481 g/mol. The number of hydrogen-bond donors (Lipinski definition) is 1. The second-order valence-corrected chi connectivity index (χ2v) is 8.53. The summed E-state index contributed by atoms with van der Waals surface area (Å²) in [5, 5.41) is 11.5. The number of ether oxygens (including phenoxy) is 2. The van der Waals surface area contributed by atoms with Crippen molar-refractivity contribution in [3.63, 3.8) is 0 Å². The van der Waals surface area contributed by atoms with Crippen LogP contribution in [0.15, 0.2) is 52.5 Å². The molecule has 0 aliphatic carbocycles. The lowest BCUT2D eigenvalue weighted by Gasteiger charge is -2.24. The van der Waals surface area contributed by atoms with Crippen LogP contribution in [0.25, 0.3) is 5.76 Å². The average Bonchev–Trinajstić information content (AvgIpc) is 3.34. The number of carbonyl (C=O) groups is 2. The van der Waals surface area contributed by atoms with Gasteiger partial charge in [-0.1, -0.05) is 35.3 Å². The van der Waals surface area contributed by atoms with E-state index in [1.807, 2.05) is 13.0 Å². The van der Waals surface area contributed by atoms with Crippen LogP contribution in [-0.4, -0.2) is 31.0 Å². The zero-order chi connectivity index (χ0) is 24.7. The van der Waals surface area contributed by atoms with E-state index in [0.717, 1.165) is 5.56 Å². The van der Waals surface area contributed by atoms with Crippen molar-refractivity contribution >= 4 is 46.3 Å². The first-order chi connectivity index (χ1) is 16.2. The van der Waals surface area contributed by atoms with Gasteiger partial charge in [0.25, 0.3) is 11.7 Å². The van der Waals surface area contributed by atoms with Crippen LogP contribution in [0.3, 0.4) is 0 Å². The van der Waals surface area contributed by atoms with Crippen LogP contribution in [-0.2, 0) is 9.59 Å². The number of rotatable bonds is 5. The van der Waals surface area contributed by atoms with Crippen LogP contribution in [0.5, 0.6) is 11.5 Å². The molecule has 1 unspecified atom stereocenters. The third-order valence-electron chi connectivity index (χ3n) is 5.55. The number of nitrogens with zero attached hydrogens (tertiary/aromatic N) is 1. The lowest BCUT2D eigenvalue weighted by atomic mass is 9.98. The number of ketones is 1. The fraction of sp³-hybridized carbons (Fsp3) is 0.200. The molecule has 1 amide bonds. The number of aliphatic hydroxyl groups is 1. The molecule has 4 rings (SSSR count). The molecule has 1 aromatic heterocycles. The molecule has 1 N–H and O–H groups in total. The van der Waals surface area contributed by atoms with Crippen LogP contribution in [0.2, 0.25) is 10.0 Å². The van der Waals surface area contributed by atoms with Gasteiger partial charge in [0.1, 0.15) is 28.3 Å². The maximum absolute atomic E-state index is 13.3. The van der Waals surface area contributed by atoms with Crippen molar-refractivity contribution < 1.29 is 28.6 Å². The second-order valence-electron chi connectivity index (χ2n) is 7.74. The fourth-order valence-electron chi connectivity index (χ4n) is 4.04. The van der Waals surface area contributed by atoms with Crippen LogP contribution in [0.4, 0.5) is 5.69 Å². The molecule has 2 aromatic carbocycles. The summed E-state index contributed by atoms with van der Waals surface area (Å²) >= 11 is 12.7. The summed E-state index contributed by atoms with van der Waals surface area (Å²) in [6, 6.07) is 10.8. The summed E-state index contributed by atoms with van der Waals surface area (Å²) in [4.78, 5) is 27.8. The number of aliphatic hydroxyl groups excluding tert-OH is 1. The van der Waals surface area contributed by atoms with Crippen LogP contribution in [0, 0.1) is 13.8 Å². The molecule has 7 nitrogen and oxygen atoms in total. The standard InChI is InChI=1S/C25H21Cl2NO6/c1-12-6-5-7-14(10-12)28-20(17-9-8-13(2)34-17)18(22(30)25(28)31)21(29)15-11-16(26)24(33-4)19(27)23(15)32-3/h5-11,20,29H,1-4H3/b21-18+. The van der Waals surface area contributed by atoms with E-state index in [4.69, 9.17) is 37.1 Å². The summed E-state index contributed by atoms with van der Waals surface area (Å²) in [7, 11) is 2.74. The van der Waals surface area contributed by atoms with Gasteiger partial charge in [-0.15, -0.1) is 0 Å². The Bertz CT molecular complexity index is 1340.